The zero-order chi connectivity index (χ0) is 33.9. The Morgan fingerprint density at radius 2 is 2.06 bits per heavy atom. The normalized spacial score (nSPS) is 19.7. The monoisotopic (exact) mass is 690 g/mol. The van der Waals surface area contributed by atoms with Crippen LogP contribution in [0.2, 0.25) is 5.02 Å². The lowest BCUT2D eigenvalue weighted by molar-refractivity contribution is 0.107. The predicted molar refractivity (Wildman–Crippen MR) is 176 cm³/mol. The third-order valence-electron chi connectivity index (χ3n) is 9.12. The summed E-state index contributed by atoms with van der Waals surface area (Å²) < 4.78 is 52.4. The molecule has 0 bridgehead atoms. The maximum Gasteiger partial charge on any atom is 0.319 e. The number of nitriles is 2. The number of alkyl halides is 1. The molecule has 5 heterocycles. The first kappa shape index (κ1) is 31.7. The summed E-state index contributed by atoms with van der Waals surface area (Å²) in [5.41, 5.74) is 5.55. The molecule has 2 aliphatic heterocycles. The molecule has 0 spiro atoms. The Bertz CT molecular complexity index is 2220. The summed E-state index contributed by atoms with van der Waals surface area (Å²) in [7, 11) is 0. The van der Waals surface area contributed by atoms with Crippen LogP contribution in [-0.2, 0) is 0 Å². The minimum atomic E-state index is -1.00. The van der Waals surface area contributed by atoms with Crippen LogP contribution in [0.1, 0.15) is 49.0 Å². The van der Waals surface area contributed by atoms with Crippen LogP contribution in [0.4, 0.5) is 24.0 Å². The smallest absolute Gasteiger partial charge is 0.319 e. The second kappa shape index (κ2) is 12.0. The standard InChI is InChI=1S/C33H26ClF3N8O2S/c1-15(21-9-16(11-38)5-7-41-21)42-31-24-27(43-32(44-31)47-14-33-6-2-8-45(33)13-17(35)10-33)26(37)23(25(34)28(24)46)18-3-4-20(36)29-22(18)19(12-39)30(40)48-29/h3-5,7,9,15,17,46H,2,6,8,10,13-14,40H2,1H3,(H,42,43,44)/t15-,17-,33+/m1/s1. The number of hydrogen-bond acceptors (Lipinski definition) is 11. The number of nitrogen functional groups attached to an aromatic ring is 1. The van der Waals surface area contributed by atoms with Gasteiger partial charge in [-0.15, -0.1) is 11.3 Å². The molecule has 2 aliphatic rings. The van der Waals surface area contributed by atoms with Gasteiger partial charge in [0.15, 0.2) is 5.82 Å². The molecule has 3 aromatic heterocycles. The summed E-state index contributed by atoms with van der Waals surface area (Å²) in [6.07, 6.45) is 2.34. The van der Waals surface area contributed by atoms with Crippen molar-refractivity contribution in [3.05, 3.63) is 63.9 Å². The number of aromatic nitrogens is 3. The number of nitrogens with zero attached hydrogens (tertiary/aromatic N) is 6. The SMILES string of the molecule is C[C@@H](Nc1nc(OC[C@@]23CCCN2C[C@H](F)C3)nc2c(F)c(-c3ccc(F)c4sc(N)c(C#N)c34)c(Cl)c(O)c12)c1cc(C#N)ccn1. The highest BCUT2D eigenvalue weighted by Crippen LogP contribution is 2.49. The molecule has 0 radical (unpaired) electrons. The van der Waals surface area contributed by atoms with Gasteiger partial charge in [-0.25, -0.2) is 13.2 Å². The van der Waals surface area contributed by atoms with Gasteiger partial charge in [0.2, 0.25) is 0 Å². The number of ether oxygens (including phenoxy) is 1. The van der Waals surface area contributed by atoms with Crippen molar-refractivity contribution in [2.75, 3.05) is 30.7 Å². The van der Waals surface area contributed by atoms with Crippen LogP contribution in [0.15, 0.2) is 30.5 Å². The fourth-order valence-electron chi connectivity index (χ4n) is 6.86. The molecule has 4 N–H and O–H groups in total. The van der Waals surface area contributed by atoms with Crippen LogP contribution in [0, 0.1) is 34.3 Å². The van der Waals surface area contributed by atoms with Crippen LogP contribution in [0.25, 0.3) is 32.1 Å². The van der Waals surface area contributed by atoms with E-state index in [2.05, 4.69) is 31.2 Å². The quantitative estimate of drug-likeness (QED) is 0.162. The first-order chi connectivity index (χ1) is 23.0. The van der Waals surface area contributed by atoms with Gasteiger partial charge in [-0.2, -0.15) is 20.5 Å². The largest absolute Gasteiger partial charge is 0.506 e. The molecule has 10 nitrogen and oxygen atoms in total. The van der Waals surface area contributed by atoms with Gasteiger partial charge in [-0.3, -0.25) is 9.88 Å². The van der Waals surface area contributed by atoms with E-state index in [1.54, 1.807) is 19.1 Å². The van der Waals surface area contributed by atoms with E-state index in [1.807, 2.05) is 6.07 Å². The molecule has 2 fully saturated rings. The molecule has 7 rings (SSSR count). The number of nitrogens with one attached hydrogen (secondary N) is 1. The fraction of sp³-hybridized carbons (Fsp3) is 0.303. The Balaban J connectivity index is 1.41. The molecule has 15 heteroatoms. The van der Waals surface area contributed by atoms with Gasteiger partial charge < -0.3 is 20.9 Å². The van der Waals surface area contributed by atoms with Crippen molar-refractivity contribution in [2.45, 2.75) is 43.9 Å². The number of rotatable bonds is 7. The highest BCUT2D eigenvalue weighted by atomic mass is 35.5. The summed E-state index contributed by atoms with van der Waals surface area (Å²) in [5.74, 6) is -2.29. The number of fused-ring (bicyclic) bond motifs is 3. The van der Waals surface area contributed by atoms with E-state index in [0.717, 1.165) is 30.4 Å². The number of thiophene rings is 1. The lowest BCUT2D eigenvalue weighted by Crippen LogP contribution is -2.43. The highest BCUT2D eigenvalue weighted by Gasteiger charge is 2.49. The lowest BCUT2D eigenvalue weighted by Gasteiger charge is -2.30. The Labute approximate surface area is 281 Å². The number of nitrogens with two attached hydrogens (primary N) is 1. The number of pyridine rings is 1. The van der Waals surface area contributed by atoms with E-state index in [-0.39, 0.29) is 67.5 Å². The topological polar surface area (TPSA) is 157 Å². The molecule has 0 amide bonds. The molecule has 3 atom stereocenters. The van der Waals surface area contributed by atoms with Crippen LogP contribution < -0.4 is 15.8 Å². The zero-order valence-corrected chi connectivity index (χ0v) is 26.9. The van der Waals surface area contributed by atoms with Crippen LogP contribution >= 0.6 is 22.9 Å². The second-order valence-corrected chi connectivity index (χ2v) is 13.4. The van der Waals surface area contributed by atoms with Gasteiger partial charge in [-0.1, -0.05) is 17.7 Å². The summed E-state index contributed by atoms with van der Waals surface area (Å²) in [4.78, 5) is 15.2. The summed E-state index contributed by atoms with van der Waals surface area (Å²) in [5, 5.41) is 33.3. The molecule has 0 unspecified atom stereocenters. The van der Waals surface area contributed by atoms with Crippen molar-refractivity contribution < 1.29 is 23.0 Å². The van der Waals surface area contributed by atoms with Crippen LogP contribution in [-0.4, -0.2) is 56.4 Å². The average Bonchev–Trinajstić information content (AvgIpc) is 3.72. The van der Waals surface area contributed by atoms with Crippen LogP contribution in [0.5, 0.6) is 11.8 Å². The van der Waals surface area contributed by atoms with Gasteiger partial charge in [0.1, 0.15) is 46.8 Å². The van der Waals surface area contributed by atoms with Gasteiger partial charge in [0, 0.05) is 30.1 Å². The van der Waals surface area contributed by atoms with Crippen molar-refractivity contribution in [2.24, 2.45) is 0 Å². The van der Waals surface area contributed by atoms with Gasteiger partial charge in [0.25, 0.3) is 0 Å². The van der Waals surface area contributed by atoms with Crippen molar-refractivity contribution in [3.63, 3.8) is 0 Å². The van der Waals surface area contributed by atoms with E-state index in [9.17, 15) is 24.4 Å². The number of phenols is 1. The van der Waals surface area contributed by atoms with Gasteiger partial charge in [-0.05, 0) is 50.1 Å². The summed E-state index contributed by atoms with van der Waals surface area (Å²) in [6.45, 7) is 2.81. The Morgan fingerprint density at radius 3 is 2.83 bits per heavy atom. The highest BCUT2D eigenvalue weighted by molar-refractivity contribution is 7.23. The second-order valence-electron chi connectivity index (χ2n) is 12.0. The zero-order valence-electron chi connectivity index (χ0n) is 25.3. The molecular weight excluding hydrogens is 665 g/mol. The van der Waals surface area contributed by atoms with Gasteiger partial charge >= 0.3 is 6.01 Å². The van der Waals surface area contributed by atoms with Crippen molar-refractivity contribution in [3.8, 4) is 35.0 Å². The molecule has 244 valence electrons. The lowest BCUT2D eigenvalue weighted by atomic mass is 9.95. The summed E-state index contributed by atoms with van der Waals surface area (Å²) >= 11 is 7.52. The van der Waals surface area contributed by atoms with Crippen molar-refractivity contribution >= 4 is 54.7 Å². The molecule has 2 aromatic carbocycles. The molecular formula is C33H26ClF3N8O2S. The number of hydrogen-bond donors (Lipinski definition) is 3. The van der Waals surface area contributed by atoms with E-state index < -0.39 is 40.2 Å². The number of anilines is 2. The van der Waals surface area contributed by atoms with E-state index in [0.29, 0.717) is 24.2 Å². The number of halogens is 4. The van der Waals surface area contributed by atoms with Crippen LogP contribution in [0.3, 0.4) is 0 Å². The summed E-state index contributed by atoms with van der Waals surface area (Å²) in [6, 6.07) is 8.64. The average molecular weight is 691 g/mol. The first-order valence-corrected chi connectivity index (χ1v) is 16.2. The van der Waals surface area contributed by atoms with Crippen molar-refractivity contribution in [1.82, 2.24) is 19.9 Å². The van der Waals surface area contributed by atoms with E-state index in [1.165, 1.54) is 12.3 Å². The molecule has 2 saturated heterocycles. The third-order valence-corrected chi connectivity index (χ3v) is 10.5. The number of benzene rings is 2. The number of phenolic OH excluding ortho intramolecular Hbond substituents is 1. The maximum atomic E-state index is 16.9. The Morgan fingerprint density at radius 1 is 1.25 bits per heavy atom. The fourth-order valence-corrected chi connectivity index (χ4v) is 8.09. The Kier molecular flexibility index (Phi) is 7.90. The molecule has 5 aromatic rings. The van der Waals surface area contributed by atoms with Gasteiger partial charge in [0.05, 0.1) is 49.6 Å². The predicted octanol–water partition coefficient (Wildman–Crippen LogP) is 7.00. The van der Waals surface area contributed by atoms with E-state index >= 15 is 4.39 Å². The third kappa shape index (κ3) is 5.08. The molecule has 48 heavy (non-hydrogen) atoms. The van der Waals surface area contributed by atoms with Crippen molar-refractivity contribution in [1.29, 1.82) is 10.5 Å². The minimum absolute atomic E-state index is 0.0229. The molecule has 0 aliphatic carbocycles. The minimum Gasteiger partial charge on any atom is -0.506 e. The van der Waals surface area contributed by atoms with E-state index in [4.69, 9.17) is 22.1 Å². The number of aromatic hydroxyl groups is 1. The maximum absolute atomic E-state index is 16.9. The molecule has 0 saturated carbocycles. The Hall–Kier alpha value is -4.89. The first-order valence-electron chi connectivity index (χ1n) is 15.0.